The number of fused-ring (bicyclic) bond motifs is 1. The molecule has 2 heterocycles. The topological polar surface area (TPSA) is 61.4 Å². The predicted octanol–water partition coefficient (Wildman–Crippen LogP) is 2.46. The van der Waals surface area contributed by atoms with Crippen molar-refractivity contribution in [1.29, 1.82) is 0 Å². The molecule has 108 valence electrons. The molecule has 0 saturated carbocycles. The van der Waals surface area contributed by atoms with E-state index in [1.54, 1.807) is 7.05 Å². The van der Waals surface area contributed by atoms with Gasteiger partial charge in [0.25, 0.3) is 0 Å². The van der Waals surface area contributed by atoms with Crippen LogP contribution in [0.1, 0.15) is 5.56 Å². The van der Waals surface area contributed by atoms with E-state index >= 15 is 0 Å². The summed E-state index contributed by atoms with van der Waals surface area (Å²) in [5.41, 5.74) is 1.80. The van der Waals surface area contributed by atoms with Crippen LogP contribution in [0, 0.1) is 0 Å². The SMILES string of the molecule is CNC(=O)[C@H]1Cc2ccccc2N1C(=O)Nc1cccs1. The third-order valence-electron chi connectivity index (χ3n) is 3.50. The number of carbonyl (C=O) groups is 2. The standard InChI is InChI=1S/C15H15N3O2S/c1-16-14(19)12-9-10-5-2-3-6-11(10)18(12)15(20)17-13-7-4-8-21-13/h2-8,12H,9H2,1H3,(H,16,19)(H,17,20)/t12-/m1/s1. The van der Waals surface area contributed by atoms with Crippen molar-refractivity contribution in [3.05, 3.63) is 47.3 Å². The first-order chi connectivity index (χ1) is 10.2. The molecule has 0 unspecified atom stereocenters. The summed E-state index contributed by atoms with van der Waals surface area (Å²) in [7, 11) is 1.58. The lowest BCUT2D eigenvalue weighted by Gasteiger charge is -2.24. The lowest BCUT2D eigenvalue weighted by molar-refractivity contribution is -0.121. The van der Waals surface area contributed by atoms with Crippen molar-refractivity contribution in [2.75, 3.05) is 17.3 Å². The van der Waals surface area contributed by atoms with Gasteiger partial charge in [0, 0.05) is 19.2 Å². The highest BCUT2D eigenvalue weighted by atomic mass is 32.1. The Morgan fingerprint density at radius 1 is 1.24 bits per heavy atom. The molecule has 1 aromatic heterocycles. The third kappa shape index (κ3) is 2.50. The van der Waals surface area contributed by atoms with E-state index in [1.165, 1.54) is 16.2 Å². The first kappa shape index (κ1) is 13.6. The molecule has 6 heteroatoms. The maximum Gasteiger partial charge on any atom is 0.327 e. The normalized spacial score (nSPS) is 16.4. The van der Waals surface area contributed by atoms with E-state index in [2.05, 4.69) is 10.6 Å². The highest BCUT2D eigenvalue weighted by molar-refractivity contribution is 7.14. The number of anilines is 2. The Labute approximate surface area is 126 Å². The second kappa shape index (κ2) is 5.57. The molecular weight excluding hydrogens is 286 g/mol. The summed E-state index contributed by atoms with van der Waals surface area (Å²) in [5.74, 6) is -0.160. The second-order valence-electron chi connectivity index (χ2n) is 4.74. The monoisotopic (exact) mass is 301 g/mol. The summed E-state index contributed by atoms with van der Waals surface area (Å²) in [4.78, 5) is 26.2. The molecule has 0 bridgehead atoms. The van der Waals surface area contributed by atoms with Crippen LogP contribution in [0.2, 0.25) is 0 Å². The lowest BCUT2D eigenvalue weighted by atomic mass is 10.1. The third-order valence-corrected chi connectivity index (χ3v) is 4.28. The summed E-state index contributed by atoms with van der Waals surface area (Å²) in [6.45, 7) is 0. The van der Waals surface area contributed by atoms with E-state index < -0.39 is 6.04 Å². The summed E-state index contributed by atoms with van der Waals surface area (Å²) in [6, 6.07) is 10.5. The fraction of sp³-hybridized carbons (Fsp3) is 0.200. The molecule has 5 nitrogen and oxygen atoms in total. The molecule has 0 radical (unpaired) electrons. The first-order valence-corrected chi connectivity index (χ1v) is 7.52. The zero-order valence-electron chi connectivity index (χ0n) is 11.5. The smallest absolute Gasteiger partial charge is 0.327 e. The van der Waals surface area contributed by atoms with Gasteiger partial charge in [0.2, 0.25) is 5.91 Å². The molecule has 1 atom stereocenters. The van der Waals surface area contributed by atoms with Crippen molar-refractivity contribution in [3.8, 4) is 0 Å². The Balaban J connectivity index is 1.91. The number of carbonyl (C=O) groups excluding carboxylic acids is 2. The summed E-state index contributed by atoms with van der Waals surface area (Å²) in [6.07, 6.45) is 0.535. The highest BCUT2D eigenvalue weighted by Crippen LogP contribution is 2.33. The van der Waals surface area contributed by atoms with E-state index in [9.17, 15) is 9.59 Å². The molecular formula is C15H15N3O2S. The number of amides is 3. The molecule has 1 aliphatic heterocycles. The molecule has 2 aromatic rings. The number of benzene rings is 1. The molecule has 0 saturated heterocycles. The largest absolute Gasteiger partial charge is 0.357 e. The highest BCUT2D eigenvalue weighted by Gasteiger charge is 2.37. The van der Waals surface area contributed by atoms with Crippen molar-refractivity contribution >= 4 is 34.0 Å². The van der Waals surface area contributed by atoms with Gasteiger partial charge in [0.05, 0.1) is 5.00 Å². The van der Waals surface area contributed by atoms with Crippen LogP contribution in [0.25, 0.3) is 0 Å². The lowest BCUT2D eigenvalue weighted by Crippen LogP contribution is -2.48. The minimum atomic E-state index is -0.507. The van der Waals surface area contributed by atoms with Gasteiger partial charge in [-0.2, -0.15) is 0 Å². The number of nitrogens with zero attached hydrogens (tertiary/aromatic N) is 1. The van der Waals surface area contributed by atoms with E-state index in [0.29, 0.717) is 6.42 Å². The van der Waals surface area contributed by atoms with Gasteiger partial charge in [-0.25, -0.2) is 4.79 Å². The molecule has 0 spiro atoms. The van der Waals surface area contributed by atoms with Crippen molar-refractivity contribution < 1.29 is 9.59 Å². The van der Waals surface area contributed by atoms with Crippen LogP contribution in [-0.2, 0) is 11.2 Å². The van der Waals surface area contributed by atoms with Gasteiger partial charge in [-0.1, -0.05) is 18.2 Å². The van der Waals surface area contributed by atoms with Crippen molar-refractivity contribution in [2.24, 2.45) is 0 Å². The Kier molecular flexibility index (Phi) is 3.62. The van der Waals surface area contributed by atoms with Gasteiger partial charge in [0.15, 0.2) is 0 Å². The van der Waals surface area contributed by atoms with E-state index in [1.807, 2.05) is 41.8 Å². The summed E-state index contributed by atoms with van der Waals surface area (Å²) >= 11 is 1.45. The van der Waals surface area contributed by atoms with Crippen LogP contribution in [0.15, 0.2) is 41.8 Å². The van der Waals surface area contributed by atoms with Crippen molar-refractivity contribution in [1.82, 2.24) is 5.32 Å². The van der Waals surface area contributed by atoms with Crippen LogP contribution in [0.3, 0.4) is 0 Å². The van der Waals surface area contributed by atoms with Crippen LogP contribution >= 0.6 is 11.3 Å². The fourth-order valence-corrected chi connectivity index (χ4v) is 3.14. The predicted molar refractivity (Wildman–Crippen MR) is 83.8 cm³/mol. The van der Waals surface area contributed by atoms with Crippen LogP contribution in [0.4, 0.5) is 15.5 Å². The number of rotatable bonds is 2. The van der Waals surface area contributed by atoms with Gasteiger partial charge in [-0.15, -0.1) is 11.3 Å². The molecule has 1 aromatic carbocycles. The number of nitrogens with one attached hydrogen (secondary N) is 2. The zero-order valence-corrected chi connectivity index (χ0v) is 12.3. The van der Waals surface area contributed by atoms with Gasteiger partial charge in [0.1, 0.15) is 6.04 Å². The van der Waals surface area contributed by atoms with Crippen molar-refractivity contribution in [3.63, 3.8) is 0 Å². The molecule has 3 rings (SSSR count). The average molecular weight is 301 g/mol. The molecule has 0 aliphatic carbocycles. The average Bonchev–Trinajstić information content (AvgIpc) is 3.12. The number of likely N-dealkylation sites (N-methyl/N-ethyl adjacent to an activating group) is 1. The van der Waals surface area contributed by atoms with E-state index in [-0.39, 0.29) is 11.9 Å². The van der Waals surface area contributed by atoms with E-state index in [0.717, 1.165) is 16.3 Å². The maximum atomic E-state index is 12.5. The van der Waals surface area contributed by atoms with E-state index in [4.69, 9.17) is 0 Å². The zero-order chi connectivity index (χ0) is 14.8. The fourth-order valence-electron chi connectivity index (χ4n) is 2.53. The van der Waals surface area contributed by atoms with Gasteiger partial charge >= 0.3 is 6.03 Å². The summed E-state index contributed by atoms with van der Waals surface area (Å²) < 4.78 is 0. The number of hydrogen-bond acceptors (Lipinski definition) is 3. The minimum absolute atomic E-state index is 0.160. The molecule has 0 fully saturated rings. The molecule has 21 heavy (non-hydrogen) atoms. The minimum Gasteiger partial charge on any atom is -0.357 e. The molecule has 3 amide bonds. The Bertz CT molecular complexity index is 669. The Morgan fingerprint density at radius 3 is 2.76 bits per heavy atom. The van der Waals surface area contributed by atoms with Gasteiger partial charge in [-0.3, -0.25) is 15.0 Å². The first-order valence-electron chi connectivity index (χ1n) is 6.64. The summed E-state index contributed by atoms with van der Waals surface area (Å²) in [5, 5.41) is 8.12. The Hall–Kier alpha value is -2.34. The second-order valence-corrected chi connectivity index (χ2v) is 5.69. The van der Waals surface area contributed by atoms with Crippen LogP contribution in [0.5, 0.6) is 0 Å². The Morgan fingerprint density at radius 2 is 2.05 bits per heavy atom. The quantitative estimate of drug-likeness (QED) is 0.895. The van der Waals surface area contributed by atoms with Crippen molar-refractivity contribution in [2.45, 2.75) is 12.5 Å². The number of hydrogen-bond donors (Lipinski definition) is 2. The molecule has 1 aliphatic rings. The van der Waals surface area contributed by atoms with Crippen LogP contribution in [-0.4, -0.2) is 25.0 Å². The van der Waals surface area contributed by atoms with Gasteiger partial charge < -0.3 is 5.32 Å². The molecule has 2 N–H and O–H groups in total. The number of urea groups is 1. The van der Waals surface area contributed by atoms with Gasteiger partial charge in [-0.05, 0) is 29.1 Å². The van der Waals surface area contributed by atoms with Crippen LogP contribution < -0.4 is 15.5 Å². The number of thiophene rings is 1. The maximum absolute atomic E-state index is 12.5. The number of para-hydroxylation sites is 1.